The smallest absolute Gasteiger partial charge is 0.376 e. The number of fused-ring (bicyclic) bond motifs is 1. The average Bonchev–Trinajstić information content (AvgIpc) is 2.61. The second-order valence-electron chi connectivity index (χ2n) is 2.57. The maximum atomic E-state index is 10.5. The summed E-state index contributed by atoms with van der Waals surface area (Å²) in [5.74, 6) is -0.846. The van der Waals surface area contributed by atoms with Gasteiger partial charge in [0.05, 0.1) is 11.3 Å². The molecule has 9 nitrogen and oxygen atoms in total. The van der Waals surface area contributed by atoms with Gasteiger partial charge in [0.2, 0.25) is 11.5 Å². The molecule has 0 fully saturated rings. The second kappa shape index (κ2) is 2.88. The summed E-state index contributed by atoms with van der Waals surface area (Å²) >= 11 is 0. The summed E-state index contributed by atoms with van der Waals surface area (Å²) in [6, 6.07) is 1.81. The average molecular weight is 205 g/mol. The minimum absolute atomic E-state index is 0.0978. The molecule has 74 valence electrons. The van der Waals surface area contributed by atoms with Crippen LogP contribution in [0.4, 0.5) is 11.6 Å². The van der Waals surface area contributed by atoms with Crippen LogP contribution in [0.5, 0.6) is 0 Å². The number of nitrogen functional groups attached to an aromatic ring is 1. The summed E-state index contributed by atoms with van der Waals surface area (Å²) in [6.07, 6.45) is 1.21. The molecule has 0 spiro atoms. The molecule has 2 rings (SSSR count). The maximum absolute atomic E-state index is 10.5. The van der Waals surface area contributed by atoms with Crippen LogP contribution in [-0.2, 0) is 0 Å². The summed E-state index contributed by atoms with van der Waals surface area (Å²) in [6.45, 7) is 0. The van der Waals surface area contributed by atoms with Crippen molar-refractivity contribution in [3.8, 4) is 6.07 Å². The van der Waals surface area contributed by atoms with Gasteiger partial charge in [0.25, 0.3) is 0 Å². The van der Waals surface area contributed by atoms with Gasteiger partial charge in [0.15, 0.2) is 0 Å². The Labute approximate surface area is 81.9 Å². The van der Waals surface area contributed by atoms with Gasteiger partial charge in [-0.3, -0.25) is 0 Å². The number of anilines is 1. The molecule has 2 heterocycles. The molecule has 0 saturated heterocycles. The fraction of sp³-hybridized carbons (Fsp3) is 0. The zero-order valence-corrected chi connectivity index (χ0v) is 7.15. The largest absolute Gasteiger partial charge is 0.433 e. The van der Waals surface area contributed by atoms with Crippen molar-refractivity contribution in [3.05, 3.63) is 21.9 Å². The zero-order chi connectivity index (χ0) is 11.0. The van der Waals surface area contributed by atoms with Gasteiger partial charge in [0, 0.05) is 0 Å². The molecule has 0 bridgehead atoms. The van der Waals surface area contributed by atoms with E-state index in [1.54, 1.807) is 0 Å². The minimum atomic E-state index is -0.768. The zero-order valence-electron chi connectivity index (χ0n) is 7.15. The second-order valence-corrected chi connectivity index (χ2v) is 2.57. The van der Waals surface area contributed by atoms with E-state index in [2.05, 4.69) is 15.3 Å². The van der Waals surface area contributed by atoms with Gasteiger partial charge in [-0.15, -0.1) is 0 Å². The number of hydrogen-bond donors (Lipinski definition) is 1. The van der Waals surface area contributed by atoms with Crippen molar-refractivity contribution in [3.63, 3.8) is 0 Å². The highest BCUT2D eigenvalue weighted by atomic mass is 16.6. The number of nitro groups is 1. The summed E-state index contributed by atoms with van der Waals surface area (Å²) in [4.78, 5) is 9.69. The topological polar surface area (TPSA) is 136 Å². The molecule has 0 atom stereocenters. The normalized spacial score (nSPS) is 10.1. The Balaban J connectivity index is 2.82. The van der Waals surface area contributed by atoms with Crippen molar-refractivity contribution >= 4 is 17.3 Å². The molecule has 0 aromatic carbocycles. The van der Waals surface area contributed by atoms with Crippen LogP contribution in [-0.4, -0.2) is 24.7 Å². The van der Waals surface area contributed by atoms with E-state index >= 15 is 0 Å². The lowest BCUT2D eigenvalue weighted by Gasteiger charge is -1.96. The highest BCUT2D eigenvalue weighted by Gasteiger charge is 2.20. The van der Waals surface area contributed by atoms with Crippen molar-refractivity contribution in [1.82, 2.24) is 19.8 Å². The first-order valence-corrected chi connectivity index (χ1v) is 3.69. The Hall–Kier alpha value is -2.76. The van der Waals surface area contributed by atoms with E-state index in [0.29, 0.717) is 0 Å². The first-order valence-electron chi connectivity index (χ1n) is 3.69. The molecule has 9 heteroatoms. The highest BCUT2D eigenvalue weighted by Crippen LogP contribution is 2.18. The first kappa shape index (κ1) is 8.82. The van der Waals surface area contributed by atoms with Crippen molar-refractivity contribution in [2.24, 2.45) is 0 Å². The van der Waals surface area contributed by atoms with Gasteiger partial charge >= 0.3 is 5.82 Å². The summed E-state index contributed by atoms with van der Waals surface area (Å²) < 4.78 is 1.00. The molecule has 2 N–H and O–H groups in total. The molecule has 0 aliphatic rings. The molecule has 0 unspecified atom stereocenters. The van der Waals surface area contributed by atoms with Crippen molar-refractivity contribution in [2.75, 3.05) is 5.73 Å². The molecule has 0 amide bonds. The van der Waals surface area contributed by atoms with Crippen LogP contribution >= 0.6 is 0 Å². The van der Waals surface area contributed by atoms with Crippen LogP contribution in [0.1, 0.15) is 5.56 Å². The van der Waals surface area contributed by atoms with E-state index in [0.717, 1.165) is 4.52 Å². The van der Waals surface area contributed by atoms with Crippen molar-refractivity contribution < 1.29 is 4.92 Å². The standard InChI is InChI=1S/C6H3N7O2/c7-1-3-2-9-12-4(8)6(13(14)15)11-10-5(3)12/h2H,8H2. The number of nitrogens with two attached hydrogens (primary N) is 1. The van der Waals surface area contributed by atoms with Gasteiger partial charge in [-0.05, 0) is 10.0 Å². The Morgan fingerprint density at radius 3 is 2.93 bits per heavy atom. The van der Waals surface area contributed by atoms with Crippen molar-refractivity contribution in [1.29, 1.82) is 5.26 Å². The summed E-state index contributed by atoms with van der Waals surface area (Å²) in [7, 11) is 0. The molecular formula is C6H3N7O2. The van der Waals surface area contributed by atoms with Gasteiger partial charge in [0.1, 0.15) is 11.6 Å². The highest BCUT2D eigenvalue weighted by molar-refractivity contribution is 5.60. The number of aromatic nitrogens is 4. The van der Waals surface area contributed by atoms with Gasteiger partial charge in [-0.1, -0.05) is 0 Å². The third-order valence-corrected chi connectivity index (χ3v) is 1.73. The van der Waals surface area contributed by atoms with Crippen LogP contribution in [0.2, 0.25) is 0 Å². The Bertz CT molecular complexity index is 595. The maximum Gasteiger partial charge on any atom is 0.433 e. The third-order valence-electron chi connectivity index (χ3n) is 1.73. The summed E-state index contributed by atoms with van der Waals surface area (Å²) in [5, 5.41) is 29.6. The number of rotatable bonds is 1. The SMILES string of the molecule is N#Cc1cnn2c(N)c([N+](=O)[O-])nnc12. The predicted octanol–water partition coefficient (Wildman–Crippen LogP) is -0.514. The lowest BCUT2D eigenvalue weighted by molar-refractivity contribution is -0.389. The first-order chi connectivity index (χ1) is 7.15. The van der Waals surface area contributed by atoms with Crippen LogP contribution in [0.25, 0.3) is 5.65 Å². The fourth-order valence-electron chi connectivity index (χ4n) is 1.06. The molecule has 15 heavy (non-hydrogen) atoms. The quantitative estimate of drug-likeness (QED) is 0.488. The van der Waals surface area contributed by atoms with Crippen LogP contribution in [0.15, 0.2) is 6.20 Å². The van der Waals surface area contributed by atoms with Gasteiger partial charge in [-0.2, -0.15) is 14.9 Å². The van der Waals surface area contributed by atoms with E-state index < -0.39 is 10.7 Å². The Morgan fingerprint density at radius 1 is 1.60 bits per heavy atom. The van der Waals surface area contributed by atoms with Crippen molar-refractivity contribution in [2.45, 2.75) is 0 Å². The number of nitrogens with zero attached hydrogens (tertiary/aromatic N) is 6. The van der Waals surface area contributed by atoms with E-state index in [1.165, 1.54) is 6.20 Å². The molecular weight excluding hydrogens is 202 g/mol. The lowest BCUT2D eigenvalue weighted by Crippen LogP contribution is -2.07. The van der Waals surface area contributed by atoms with E-state index in [1.807, 2.05) is 6.07 Å². The molecule has 0 aliphatic heterocycles. The minimum Gasteiger partial charge on any atom is -0.376 e. The van der Waals surface area contributed by atoms with Gasteiger partial charge < -0.3 is 15.8 Å². The van der Waals surface area contributed by atoms with E-state index in [-0.39, 0.29) is 17.0 Å². The lowest BCUT2D eigenvalue weighted by atomic mass is 10.4. The Morgan fingerprint density at radius 2 is 2.33 bits per heavy atom. The Kier molecular flexibility index (Phi) is 1.69. The molecule has 0 aliphatic carbocycles. The molecule has 2 aromatic rings. The molecule has 0 radical (unpaired) electrons. The van der Waals surface area contributed by atoms with Crippen LogP contribution in [0.3, 0.4) is 0 Å². The van der Waals surface area contributed by atoms with E-state index in [9.17, 15) is 10.1 Å². The predicted molar refractivity (Wildman–Crippen MR) is 46.6 cm³/mol. The molecule has 2 aromatic heterocycles. The number of hydrogen-bond acceptors (Lipinski definition) is 7. The van der Waals surface area contributed by atoms with Gasteiger partial charge in [-0.25, -0.2) is 0 Å². The van der Waals surface area contributed by atoms with Crippen LogP contribution < -0.4 is 5.73 Å². The number of nitriles is 1. The monoisotopic (exact) mass is 205 g/mol. The fourth-order valence-corrected chi connectivity index (χ4v) is 1.06. The molecule has 0 saturated carbocycles. The summed E-state index contributed by atoms with van der Waals surface area (Å²) in [5.41, 5.74) is 5.69. The van der Waals surface area contributed by atoms with Crippen LogP contribution in [0, 0.1) is 21.4 Å². The third kappa shape index (κ3) is 1.12. The van der Waals surface area contributed by atoms with E-state index in [4.69, 9.17) is 11.0 Å².